The molecule has 0 aliphatic carbocycles. The summed E-state index contributed by atoms with van der Waals surface area (Å²) in [5.74, 6) is -0.194. The van der Waals surface area contributed by atoms with Crippen LogP contribution < -0.4 is 10.6 Å². The van der Waals surface area contributed by atoms with Gasteiger partial charge in [0.15, 0.2) is 0 Å². The van der Waals surface area contributed by atoms with E-state index in [2.05, 4.69) is 10.6 Å². The molecular formula is C16H24N2O2. The van der Waals surface area contributed by atoms with Crippen LogP contribution in [0, 0.1) is 0 Å². The van der Waals surface area contributed by atoms with E-state index in [1.807, 2.05) is 51.1 Å². The third-order valence-corrected chi connectivity index (χ3v) is 3.33. The Labute approximate surface area is 121 Å². The first-order valence-corrected chi connectivity index (χ1v) is 6.97. The number of amides is 2. The van der Waals surface area contributed by atoms with Gasteiger partial charge in [0.1, 0.15) is 0 Å². The summed E-state index contributed by atoms with van der Waals surface area (Å²) < 4.78 is 0. The van der Waals surface area contributed by atoms with Gasteiger partial charge in [-0.05, 0) is 25.8 Å². The van der Waals surface area contributed by atoms with Crippen molar-refractivity contribution < 1.29 is 9.59 Å². The maximum Gasteiger partial charge on any atom is 0.222 e. The van der Waals surface area contributed by atoms with Crippen LogP contribution in [0.25, 0.3) is 0 Å². The van der Waals surface area contributed by atoms with Gasteiger partial charge in [0.05, 0.1) is 12.5 Å². The summed E-state index contributed by atoms with van der Waals surface area (Å²) >= 11 is 0. The second kappa shape index (κ2) is 7.08. The zero-order valence-electron chi connectivity index (χ0n) is 12.7. The van der Waals surface area contributed by atoms with Crippen molar-refractivity contribution >= 4 is 11.8 Å². The lowest BCUT2D eigenvalue weighted by molar-refractivity contribution is -0.124. The van der Waals surface area contributed by atoms with Crippen LogP contribution in [0.5, 0.6) is 0 Å². The van der Waals surface area contributed by atoms with E-state index in [0.717, 1.165) is 12.0 Å². The second-order valence-electron chi connectivity index (χ2n) is 5.65. The van der Waals surface area contributed by atoms with Crippen molar-refractivity contribution in [3.63, 3.8) is 0 Å². The summed E-state index contributed by atoms with van der Waals surface area (Å²) in [7, 11) is 0. The van der Waals surface area contributed by atoms with Gasteiger partial charge in [-0.1, -0.05) is 37.3 Å². The largest absolute Gasteiger partial charge is 0.351 e. The summed E-state index contributed by atoms with van der Waals surface area (Å²) in [5, 5.41) is 5.82. The average Bonchev–Trinajstić information content (AvgIpc) is 2.38. The van der Waals surface area contributed by atoms with E-state index in [-0.39, 0.29) is 29.8 Å². The SMILES string of the molecule is CCC(C)(C)NC(=O)C[C@H](NC(C)=O)c1ccccc1. The van der Waals surface area contributed by atoms with Crippen LogP contribution in [0.2, 0.25) is 0 Å². The van der Waals surface area contributed by atoms with Crippen molar-refractivity contribution in [3.05, 3.63) is 35.9 Å². The molecule has 0 fully saturated rings. The van der Waals surface area contributed by atoms with E-state index in [1.54, 1.807) is 0 Å². The maximum absolute atomic E-state index is 12.1. The number of hydrogen-bond donors (Lipinski definition) is 2. The maximum atomic E-state index is 12.1. The smallest absolute Gasteiger partial charge is 0.222 e. The fourth-order valence-electron chi connectivity index (χ4n) is 1.89. The first kappa shape index (κ1) is 16.2. The third kappa shape index (κ3) is 5.43. The van der Waals surface area contributed by atoms with Crippen molar-refractivity contribution in [1.82, 2.24) is 10.6 Å². The molecule has 0 aromatic heterocycles. The highest BCUT2D eigenvalue weighted by Gasteiger charge is 2.22. The molecule has 1 rings (SSSR count). The number of rotatable bonds is 6. The lowest BCUT2D eigenvalue weighted by Crippen LogP contribution is -2.44. The van der Waals surface area contributed by atoms with Crippen LogP contribution in [-0.4, -0.2) is 17.4 Å². The van der Waals surface area contributed by atoms with Gasteiger partial charge < -0.3 is 10.6 Å². The Kier molecular flexibility index (Phi) is 5.74. The monoisotopic (exact) mass is 276 g/mol. The molecule has 0 radical (unpaired) electrons. The van der Waals surface area contributed by atoms with E-state index in [1.165, 1.54) is 6.92 Å². The van der Waals surface area contributed by atoms with E-state index < -0.39 is 0 Å². The van der Waals surface area contributed by atoms with Gasteiger partial charge in [0.2, 0.25) is 11.8 Å². The minimum atomic E-state index is -0.290. The fraction of sp³-hybridized carbons (Fsp3) is 0.500. The van der Waals surface area contributed by atoms with E-state index in [0.29, 0.717) is 0 Å². The normalized spacial score (nSPS) is 12.6. The Morgan fingerprint density at radius 2 is 1.80 bits per heavy atom. The first-order chi connectivity index (χ1) is 9.34. The highest BCUT2D eigenvalue weighted by Crippen LogP contribution is 2.17. The Bertz CT molecular complexity index is 455. The number of benzene rings is 1. The molecule has 0 aliphatic rings. The number of hydrogen-bond acceptors (Lipinski definition) is 2. The molecule has 110 valence electrons. The molecule has 0 bridgehead atoms. The van der Waals surface area contributed by atoms with Crippen LogP contribution in [0.15, 0.2) is 30.3 Å². The number of carbonyl (C=O) groups is 2. The van der Waals surface area contributed by atoms with E-state index in [4.69, 9.17) is 0 Å². The predicted molar refractivity (Wildman–Crippen MR) is 80.1 cm³/mol. The minimum Gasteiger partial charge on any atom is -0.351 e. The van der Waals surface area contributed by atoms with Crippen LogP contribution in [-0.2, 0) is 9.59 Å². The molecule has 1 atom stereocenters. The van der Waals surface area contributed by atoms with Crippen LogP contribution in [0.1, 0.15) is 52.1 Å². The molecule has 20 heavy (non-hydrogen) atoms. The van der Waals surface area contributed by atoms with Crippen molar-refractivity contribution in [2.24, 2.45) is 0 Å². The molecule has 0 spiro atoms. The lowest BCUT2D eigenvalue weighted by Gasteiger charge is -2.26. The fourth-order valence-corrected chi connectivity index (χ4v) is 1.89. The number of carbonyl (C=O) groups excluding carboxylic acids is 2. The molecule has 0 heterocycles. The van der Waals surface area contributed by atoms with Gasteiger partial charge in [-0.15, -0.1) is 0 Å². The third-order valence-electron chi connectivity index (χ3n) is 3.33. The van der Waals surface area contributed by atoms with Gasteiger partial charge in [0.25, 0.3) is 0 Å². The molecule has 0 saturated heterocycles. The molecule has 0 saturated carbocycles. The Morgan fingerprint density at radius 3 is 2.30 bits per heavy atom. The van der Waals surface area contributed by atoms with Crippen molar-refractivity contribution in [2.45, 2.75) is 52.1 Å². The molecule has 4 heteroatoms. The van der Waals surface area contributed by atoms with Gasteiger partial charge >= 0.3 is 0 Å². The summed E-state index contributed by atoms with van der Waals surface area (Å²) in [6, 6.07) is 9.25. The number of nitrogens with one attached hydrogen (secondary N) is 2. The van der Waals surface area contributed by atoms with Gasteiger partial charge in [-0.25, -0.2) is 0 Å². The zero-order chi connectivity index (χ0) is 15.2. The Morgan fingerprint density at radius 1 is 1.20 bits per heavy atom. The molecular weight excluding hydrogens is 252 g/mol. The van der Waals surface area contributed by atoms with Gasteiger partial charge in [-0.2, -0.15) is 0 Å². The average molecular weight is 276 g/mol. The highest BCUT2D eigenvalue weighted by molar-refractivity contribution is 5.79. The molecule has 2 N–H and O–H groups in total. The molecule has 1 aromatic carbocycles. The van der Waals surface area contributed by atoms with Crippen LogP contribution in [0.4, 0.5) is 0 Å². The molecule has 0 unspecified atom stereocenters. The van der Waals surface area contributed by atoms with Gasteiger partial charge in [0, 0.05) is 12.5 Å². The standard InChI is InChI=1S/C16H24N2O2/c1-5-16(3,4)18-15(20)11-14(17-12(2)19)13-9-7-6-8-10-13/h6-10,14H,5,11H2,1-4H3,(H,17,19)(H,18,20)/t14-/m0/s1. The topological polar surface area (TPSA) is 58.2 Å². The predicted octanol–water partition coefficient (Wildman–Crippen LogP) is 2.56. The first-order valence-electron chi connectivity index (χ1n) is 6.97. The summed E-state index contributed by atoms with van der Waals surface area (Å²) in [6.45, 7) is 7.47. The van der Waals surface area contributed by atoms with Crippen LogP contribution in [0.3, 0.4) is 0 Å². The Hall–Kier alpha value is -1.84. The molecule has 4 nitrogen and oxygen atoms in total. The molecule has 1 aromatic rings. The summed E-state index contributed by atoms with van der Waals surface area (Å²) in [4.78, 5) is 23.4. The van der Waals surface area contributed by atoms with Crippen LogP contribution >= 0.6 is 0 Å². The summed E-state index contributed by atoms with van der Waals surface area (Å²) in [6.07, 6.45) is 1.10. The highest BCUT2D eigenvalue weighted by atomic mass is 16.2. The van der Waals surface area contributed by atoms with E-state index >= 15 is 0 Å². The molecule has 0 aliphatic heterocycles. The second-order valence-corrected chi connectivity index (χ2v) is 5.65. The quantitative estimate of drug-likeness (QED) is 0.839. The molecule has 2 amide bonds. The zero-order valence-corrected chi connectivity index (χ0v) is 12.7. The minimum absolute atomic E-state index is 0.0561. The van der Waals surface area contributed by atoms with Crippen molar-refractivity contribution in [1.29, 1.82) is 0 Å². The van der Waals surface area contributed by atoms with Crippen molar-refractivity contribution in [2.75, 3.05) is 0 Å². The Balaban J connectivity index is 2.76. The van der Waals surface area contributed by atoms with Crippen molar-refractivity contribution in [3.8, 4) is 0 Å². The van der Waals surface area contributed by atoms with Gasteiger partial charge in [-0.3, -0.25) is 9.59 Å². The summed E-state index contributed by atoms with van der Waals surface area (Å²) in [5.41, 5.74) is 0.710. The lowest BCUT2D eigenvalue weighted by atomic mass is 9.99. The van der Waals surface area contributed by atoms with E-state index in [9.17, 15) is 9.59 Å².